The van der Waals surface area contributed by atoms with E-state index in [1.807, 2.05) is 32.0 Å². The van der Waals surface area contributed by atoms with Crippen molar-refractivity contribution in [3.63, 3.8) is 0 Å². The molecule has 3 heterocycles. The van der Waals surface area contributed by atoms with Crippen LogP contribution in [0, 0.1) is 6.92 Å². The van der Waals surface area contributed by atoms with E-state index in [-0.39, 0.29) is 5.56 Å². The van der Waals surface area contributed by atoms with Gasteiger partial charge in [-0.1, -0.05) is 13.0 Å². The standard InChI is InChI=1S/C23H30N4O3/c1-5-19-15(2)24-22-11-20(25-27(22)23(19)28)17-8-9-26(12-17)13-18-10-16(14-29-3)6-7-21(18)30-4/h6-7,10-11,17,25H,5,8-9,12-14H2,1-4H3/t17-/m0/s1. The van der Waals surface area contributed by atoms with Gasteiger partial charge in [-0.2, -0.15) is 0 Å². The molecule has 1 aromatic carbocycles. The molecule has 160 valence electrons. The van der Waals surface area contributed by atoms with Crippen molar-refractivity contribution < 1.29 is 9.47 Å². The number of nitrogens with zero attached hydrogens (tertiary/aromatic N) is 3. The van der Waals surface area contributed by atoms with Gasteiger partial charge in [0.15, 0.2) is 5.65 Å². The maximum absolute atomic E-state index is 12.7. The minimum atomic E-state index is 0.0146. The van der Waals surface area contributed by atoms with Crippen molar-refractivity contribution in [3.05, 3.63) is 62.7 Å². The van der Waals surface area contributed by atoms with Crippen LogP contribution in [0.25, 0.3) is 5.65 Å². The Labute approximate surface area is 176 Å². The van der Waals surface area contributed by atoms with Gasteiger partial charge in [0, 0.05) is 54.7 Å². The Hall–Kier alpha value is -2.64. The summed E-state index contributed by atoms with van der Waals surface area (Å²) in [7, 11) is 3.42. The van der Waals surface area contributed by atoms with Crippen LogP contribution in [0.4, 0.5) is 0 Å². The molecule has 1 saturated heterocycles. The van der Waals surface area contributed by atoms with E-state index in [0.717, 1.165) is 54.3 Å². The molecule has 2 aromatic heterocycles. The summed E-state index contributed by atoms with van der Waals surface area (Å²) in [6.07, 6.45) is 1.73. The van der Waals surface area contributed by atoms with Crippen LogP contribution in [-0.4, -0.2) is 46.8 Å². The number of H-pyrrole nitrogens is 1. The van der Waals surface area contributed by atoms with Crippen LogP contribution in [0.1, 0.15) is 47.3 Å². The Morgan fingerprint density at radius 3 is 2.83 bits per heavy atom. The van der Waals surface area contributed by atoms with Crippen LogP contribution in [0.15, 0.2) is 29.1 Å². The number of fused-ring (bicyclic) bond motifs is 1. The molecule has 0 unspecified atom stereocenters. The van der Waals surface area contributed by atoms with Crippen LogP contribution in [-0.2, 0) is 24.3 Å². The van der Waals surface area contributed by atoms with Gasteiger partial charge in [-0.15, -0.1) is 0 Å². The lowest BCUT2D eigenvalue weighted by atomic mass is 10.1. The van der Waals surface area contributed by atoms with Gasteiger partial charge in [0.2, 0.25) is 0 Å². The number of nitrogens with one attached hydrogen (secondary N) is 1. The van der Waals surface area contributed by atoms with Crippen LogP contribution >= 0.6 is 0 Å². The van der Waals surface area contributed by atoms with Crippen LogP contribution in [0.2, 0.25) is 0 Å². The lowest BCUT2D eigenvalue weighted by molar-refractivity contribution is 0.184. The summed E-state index contributed by atoms with van der Waals surface area (Å²) >= 11 is 0. The van der Waals surface area contributed by atoms with E-state index in [1.54, 1.807) is 18.7 Å². The largest absolute Gasteiger partial charge is 0.496 e. The van der Waals surface area contributed by atoms with Crippen molar-refractivity contribution in [2.75, 3.05) is 27.3 Å². The zero-order valence-electron chi connectivity index (χ0n) is 18.2. The first-order valence-corrected chi connectivity index (χ1v) is 10.5. The van der Waals surface area contributed by atoms with Crippen molar-refractivity contribution in [3.8, 4) is 5.75 Å². The lowest BCUT2D eigenvalue weighted by Crippen LogP contribution is -2.22. The molecule has 0 bridgehead atoms. The van der Waals surface area contributed by atoms with E-state index in [0.29, 0.717) is 24.6 Å². The normalized spacial score (nSPS) is 17.1. The van der Waals surface area contributed by atoms with Crippen LogP contribution in [0.3, 0.4) is 0 Å². The number of aromatic nitrogens is 3. The second-order valence-corrected chi connectivity index (χ2v) is 8.04. The number of rotatable bonds is 7. The molecule has 1 N–H and O–H groups in total. The Balaban J connectivity index is 1.53. The molecule has 7 heteroatoms. The quantitative estimate of drug-likeness (QED) is 0.648. The monoisotopic (exact) mass is 410 g/mol. The van der Waals surface area contributed by atoms with Gasteiger partial charge in [0.25, 0.3) is 5.56 Å². The molecule has 0 amide bonds. The van der Waals surface area contributed by atoms with Gasteiger partial charge in [-0.25, -0.2) is 9.50 Å². The summed E-state index contributed by atoms with van der Waals surface area (Å²) in [4.78, 5) is 19.8. The molecule has 0 radical (unpaired) electrons. The van der Waals surface area contributed by atoms with Crippen molar-refractivity contribution in [2.45, 2.75) is 45.8 Å². The lowest BCUT2D eigenvalue weighted by Gasteiger charge is -2.18. The van der Waals surface area contributed by atoms with E-state index in [9.17, 15) is 4.79 Å². The summed E-state index contributed by atoms with van der Waals surface area (Å²) in [6.45, 7) is 7.25. The predicted octanol–water partition coefficient (Wildman–Crippen LogP) is 3.04. The summed E-state index contributed by atoms with van der Waals surface area (Å²) in [5, 5.41) is 3.31. The Morgan fingerprint density at radius 2 is 2.10 bits per heavy atom. The molecule has 1 fully saturated rings. The number of hydrogen-bond donors (Lipinski definition) is 1. The number of likely N-dealkylation sites (tertiary alicyclic amines) is 1. The Bertz CT molecular complexity index is 1100. The zero-order valence-corrected chi connectivity index (χ0v) is 18.2. The van der Waals surface area contributed by atoms with E-state index in [4.69, 9.17) is 9.47 Å². The first-order valence-electron chi connectivity index (χ1n) is 10.5. The SMILES string of the molecule is CCc1c(C)nc2cc([C@H]3CCN(Cc4cc(COC)ccc4OC)C3)[nH]n2c1=O. The Morgan fingerprint density at radius 1 is 1.27 bits per heavy atom. The summed E-state index contributed by atoms with van der Waals surface area (Å²) in [5.74, 6) is 1.26. The molecular weight excluding hydrogens is 380 g/mol. The van der Waals surface area contributed by atoms with Gasteiger partial charge in [0.05, 0.1) is 13.7 Å². The van der Waals surface area contributed by atoms with Gasteiger partial charge >= 0.3 is 0 Å². The first-order chi connectivity index (χ1) is 14.5. The summed E-state index contributed by atoms with van der Waals surface area (Å²) < 4.78 is 12.4. The minimum absolute atomic E-state index is 0.0146. The molecule has 0 aliphatic carbocycles. The second kappa shape index (κ2) is 8.62. The number of methoxy groups -OCH3 is 2. The summed E-state index contributed by atoms with van der Waals surface area (Å²) in [6, 6.07) is 8.25. The van der Waals surface area contributed by atoms with Gasteiger partial charge < -0.3 is 9.47 Å². The van der Waals surface area contributed by atoms with Gasteiger partial charge in [-0.3, -0.25) is 14.8 Å². The van der Waals surface area contributed by atoms with E-state index < -0.39 is 0 Å². The van der Waals surface area contributed by atoms with Gasteiger partial charge in [0.1, 0.15) is 5.75 Å². The van der Waals surface area contributed by atoms with Crippen LogP contribution < -0.4 is 10.3 Å². The Kier molecular flexibility index (Phi) is 5.92. The third-order valence-electron chi connectivity index (χ3n) is 6.05. The third kappa shape index (κ3) is 3.87. The zero-order chi connectivity index (χ0) is 21.3. The fourth-order valence-electron chi connectivity index (χ4n) is 4.49. The highest BCUT2D eigenvalue weighted by atomic mass is 16.5. The fraction of sp³-hybridized carbons (Fsp3) is 0.478. The summed E-state index contributed by atoms with van der Waals surface area (Å²) in [5.41, 5.74) is 5.71. The first kappa shape index (κ1) is 20.6. The average molecular weight is 411 g/mol. The molecule has 1 aliphatic rings. The highest BCUT2D eigenvalue weighted by Crippen LogP contribution is 2.30. The number of aromatic amines is 1. The number of benzene rings is 1. The van der Waals surface area contributed by atoms with Crippen molar-refractivity contribution in [1.82, 2.24) is 19.5 Å². The second-order valence-electron chi connectivity index (χ2n) is 8.04. The number of aryl methyl sites for hydroxylation is 1. The molecule has 30 heavy (non-hydrogen) atoms. The van der Waals surface area contributed by atoms with Crippen molar-refractivity contribution in [2.24, 2.45) is 0 Å². The molecule has 0 spiro atoms. The predicted molar refractivity (Wildman–Crippen MR) is 116 cm³/mol. The molecule has 0 saturated carbocycles. The van der Waals surface area contributed by atoms with E-state index in [1.165, 1.54) is 5.56 Å². The molecule has 4 rings (SSSR count). The maximum Gasteiger partial charge on any atom is 0.276 e. The third-order valence-corrected chi connectivity index (χ3v) is 6.05. The number of ether oxygens (including phenoxy) is 2. The minimum Gasteiger partial charge on any atom is -0.496 e. The molecule has 7 nitrogen and oxygen atoms in total. The molecular formula is C23H30N4O3. The molecule has 1 atom stereocenters. The molecule has 3 aromatic rings. The van der Waals surface area contributed by atoms with Crippen LogP contribution in [0.5, 0.6) is 5.75 Å². The van der Waals surface area contributed by atoms with E-state index in [2.05, 4.69) is 21.0 Å². The average Bonchev–Trinajstić information content (AvgIpc) is 3.36. The highest BCUT2D eigenvalue weighted by molar-refractivity contribution is 5.43. The molecule has 1 aliphatic heterocycles. The fourth-order valence-corrected chi connectivity index (χ4v) is 4.49. The van der Waals surface area contributed by atoms with Gasteiger partial charge in [-0.05, 0) is 44.0 Å². The maximum atomic E-state index is 12.7. The smallest absolute Gasteiger partial charge is 0.276 e. The highest BCUT2D eigenvalue weighted by Gasteiger charge is 2.26. The van der Waals surface area contributed by atoms with E-state index >= 15 is 0 Å². The number of hydrogen-bond acceptors (Lipinski definition) is 5. The van der Waals surface area contributed by atoms with Crippen molar-refractivity contribution >= 4 is 5.65 Å². The topological polar surface area (TPSA) is 71.9 Å². The van der Waals surface area contributed by atoms with Crippen molar-refractivity contribution in [1.29, 1.82) is 0 Å².